The van der Waals surface area contributed by atoms with Gasteiger partial charge >= 0.3 is 5.97 Å². The number of aliphatic carboxylic acids is 1. The Kier molecular flexibility index (Phi) is 12.4. The number of carboxylic acids is 1. The molecule has 0 bridgehead atoms. The van der Waals surface area contributed by atoms with Crippen LogP contribution in [-0.4, -0.2) is 112 Å². The number of sulfonamides is 1. The Bertz CT molecular complexity index is 2880. The minimum atomic E-state index is -3.93. The molecule has 3 atom stereocenters. The fourth-order valence-electron chi connectivity index (χ4n) is 8.33. The van der Waals surface area contributed by atoms with Gasteiger partial charge in [-0.15, -0.1) is 5.10 Å². The van der Waals surface area contributed by atoms with Crippen molar-refractivity contribution in [3.05, 3.63) is 106 Å². The second-order valence-corrected chi connectivity index (χ2v) is 18.0. The Balaban J connectivity index is 0.927. The standard InChI is InChI=1S/C45H45N7O12S/c1-25-12-13-27(18-29(25)23-51-22-26(2)64-34-9-4-5-11-37(34)65(51,60)61)31(21-40(55)56)28-19-32-42(50(3)49-48-32)36(20-28)62-17-7-16-46-39(54)24-63-35-10-6-8-30-41(35)45(59)52(44(30)58)33-14-15-38(53)47-43(33)57/h4-6,8-13,18-20,26,31,33H,7,14-17,21-24H2,1-3H3,(H,46,54)(H,55,56)(H,47,53,57)/t26-,31?,33?/m1/s1. The Hall–Kier alpha value is -7.19. The molecule has 4 heterocycles. The van der Waals surface area contributed by atoms with E-state index >= 15 is 0 Å². The maximum Gasteiger partial charge on any atom is 0.304 e. The van der Waals surface area contributed by atoms with Crippen LogP contribution in [0.5, 0.6) is 17.2 Å². The van der Waals surface area contributed by atoms with Crippen molar-refractivity contribution >= 4 is 56.6 Å². The van der Waals surface area contributed by atoms with Crippen molar-refractivity contribution in [2.45, 2.75) is 69.0 Å². The van der Waals surface area contributed by atoms with Crippen LogP contribution in [0.4, 0.5) is 0 Å². The van der Waals surface area contributed by atoms with Gasteiger partial charge < -0.3 is 24.6 Å². The van der Waals surface area contributed by atoms with Gasteiger partial charge in [-0.05, 0) is 85.3 Å². The first kappa shape index (κ1) is 44.4. The van der Waals surface area contributed by atoms with Gasteiger partial charge in [0, 0.05) is 32.5 Å². The molecule has 1 fully saturated rings. The largest absolute Gasteiger partial charge is 0.491 e. The normalized spacial score (nSPS) is 18.6. The van der Waals surface area contributed by atoms with Gasteiger partial charge in [0.1, 0.15) is 45.3 Å². The van der Waals surface area contributed by atoms with Gasteiger partial charge in [0.2, 0.25) is 21.8 Å². The average Bonchev–Trinajstić information content (AvgIpc) is 3.74. The number of nitrogens with one attached hydrogen (secondary N) is 2. The van der Waals surface area contributed by atoms with Crippen LogP contribution in [0.25, 0.3) is 11.0 Å². The highest BCUT2D eigenvalue weighted by molar-refractivity contribution is 7.89. The van der Waals surface area contributed by atoms with Crippen molar-refractivity contribution in [2.75, 3.05) is 26.3 Å². The van der Waals surface area contributed by atoms with E-state index in [0.29, 0.717) is 39.9 Å². The van der Waals surface area contributed by atoms with E-state index in [2.05, 4.69) is 20.9 Å². The van der Waals surface area contributed by atoms with Crippen molar-refractivity contribution < 1.29 is 56.5 Å². The van der Waals surface area contributed by atoms with Crippen LogP contribution in [0.1, 0.15) is 81.5 Å². The number of aromatic nitrogens is 3. The van der Waals surface area contributed by atoms with Crippen LogP contribution in [0, 0.1) is 6.92 Å². The number of carboxylic acid groups (broad SMARTS) is 1. The molecule has 4 aromatic carbocycles. The molecular weight excluding hydrogens is 863 g/mol. The molecule has 5 amide bonds. The first-order chi connectivity index (χ1) is 31.1. The van der Waals surface area contributed by atoms with E-state index in [0.717, 1.165) is 10.5 Å². The molecule has 8 rings (SSSR count). The lowest BCUT2D eigenvalue weighted by Gasteiger charge is -2.27. The number of hydrogen-bond donors (Lipinski definition) is 3. The molecule has 19 nitrogen and oxygen atoms in total. The Morgan fingerprint density at radius 3 is 2.57 bits per heavy atom. The number of imide groups is 2. The lowest BCUT2D eigenvalue weighted by Crippen LogP contribution is -2.54. The minimum Gasteiger partial charge on any atom is -0.491 e. The lowest BCUT2D eigenvalue weighted by molar-refractivity contribution is -0.138. The van der Waals surface area contributed by atoms with Gasteiger partial charge in [0.05, 0.1) is 30.7 Å². The molecule has 0 radical (unpaired) electrons. The summed E-state index contributed by atoms with van der Waals surface area (Å²) in [6, 6.07) is 18.8. The van der Waals surface area contributed by atoms with Gasteiger partial charge in [-0.3, -0.25) is 39.0 Å². The number of amides is 5. The molecule has 0 saturated carbocycles. The molecule has 0 spiro atoms. The van der Waals surface area contributed by atoms with E-state index in [9.17, 15) is 42.3 Å². The molecule has 20 heteroatoms. The van der Waals surface area contributed by atoms with E-state index in [4.69, 9.17) is 14.2 Å². The second kappa shape index (κ2) is 18.1. The maximum atomic E-state index is 13.9. The number of carbonyl (C=O) groups is 6. The van der Waals surface area contributed by atoms with Crippen LogP contribution >= 0.6 is 0 Å². The number of fused-ring (bicyclic) bond motifs is 3. The molecule has 2 unspecified atom stereocenters. The summed E-state index contributed by atoms with van der Waals surface area (Å²) in [6.45, 7) is 3.62. The van der Waals surface area contributed by atoms with Crippen molar-refractivity contribution in [1.82, 2.24) is 34.8 Å². The second-order valence-electron chi connectivity index (χ2n) is 16.1. The molecule has 3 aliphatic heterocycles. The first-order valence-electron chi connectivity index (χ1n) is 20.9. The summed E-state index contributed by atoms with van der Waals surface area (Å²) in [7, 11) is -2.24. The molecule has 3 aliphatic rings. The number of ether oxygens (including phenoxy) is 3. The SMILES string of the molecule is Cc1ccc(C(CC(=O)O)c2cc(OCCCNC(=O)COc3cccc4c3C(=O)N(C3CCC(=O)NC3=O)C4=O)c3c(c2)nnn3C)cc1CN1C[C@@H](C)Oc2ccccc2S1(=O)=O. The van der Waals surface area contributed by atoms with Crippen LogP contribution in [0.15, 0.2) is 77.7 Å². The molecule has 5 aromatic rings. The van der Waals surface area contributed by atoms with Crippen LogP contribution in [0.3, 0.4) is 0 Å². The monoisotopic (exact) mass is 907 g/mol. The molecule has 65 heavy (non-hydrogen) atoms. The van der Waals surface area contributed by atoms with Crippen LogP contribution in [0.2, 0.25) is 0 Å². The highest BCUT2D eigenvalue weighted by atomic mass is 32.2. The summed E-state index contributed by atoms with van der Waals surface area (Å²) < 4.78 is 48.5. The van der Waals surface area contributed by atoms with Gasteiger partial charge in [-0.1, -0.05) is 41.6 Å². The van der Waals surface area contributed by atoms with Gasteiger partial charge in [0.25, 0.3) is 17.7 Å². The summed E-state index contributed by atoms with van der Waals surface area (Å²) in [6.07, 6.45) is -0.411. The molecular formula is C45H45N7O12S. The van der Waals surface area contributed by atoms with E-state index in [1.807, 2.05) is 25.1 Å². The van der Waals surface area contributed by atoms with E-state index in [1.165, 1.54) is 33.3 Å². The summed E-state index contributed by atoms with van der Waals surface area (Å²) in [5.41, 5.74) is 3.73. The zero-order valence-electron chi connectivity index (χ0n) is 35.6. The summed E-state index contributed by atoms with van der Waals surface area (Å²) in [4.78, 5) is 76.8. The van der Waals surface area contributed by atoms with E-state index in [1.54, 1.807) is 44.3 Å². The smallest absolute Gasteiger partial charge is 0.304 e. The highest BCUT2D eigenvalue weighted by Gasteiger charge is 2.46. The summed E-state index contributed by atoms with van der Waals surface area (Å²) in [5, 5.41) is 23.5. The molecule has 338 valence electrons. The van der Waals surface area contributed by atoms with Crippen LogP contribution < -0.4 is 24.8 Å². The Labute approximate surface area is 372 Å². The number of rotatable bonds is 15. The Morgan fingerprint density at radius 1 is 0.985 bits per heavy atom. The molecule has 3 N–H and O–H groups in total. The molecule has 1 aromatic heterocycles. The van der Waals surface area contributed by atoms with E-state index in [-0.39, 0.29) is 73.0 Å². The zero-order chi connectivity index (χ0) is 46.2. The highest BCUT2D eigenvalue weighted by Crippen LogP contribution is 2.38. The third kappa shape index (κ3) is 8.99. The van der Waals surface area contributed by atoms with Crippen molar-refractivity contribution in [1.29, 1.82) is 0 Å². The van der Waals surface area contributed by atoms with Gasteiger partial charge in [0.15, 0.2) is 6.61 Å². The predicted octanol–water partition coefficient (Wildman–Crippen LogP) is 3.22. The van der Waals surface area contributed by atoms with Crippen LogP contribution in [-0.2, 0) is 42.8 Å². The zero-order valence-corrected chi connectivity index (χ0v) is 36.4. The number of piperidine rings is 1. The van der Waals surface area contributed by atoms with Crippen molar-refractivity contribution in [2.24, 2.45) is 7.05 Å². The Morgan fingerprint density at radius 2 is 1.78 bits per heavy atom. The van der Waals surface area contributed by atoms with Gasteiger partial charge in [-0.25, -0.2) is 13.1 Å². The van der Waals surface area contributed by atoms with E-state index < -0.39 is 70.2 Å². The fraction of sp³-hybridized carbons (Fsp3) is 0.333. The number of carbonyl (C=O) groups excluding carboxylic acids is 5. The quantitative estimate of drug-likeness (QED) is 0.101. The lowest BCUT2D eigenvalue weighted by atomic mass is 9.86. The number of para-hydroxylation sites is 1. The fourth-order valence-corrected chi connectivity index (χ4v) is 9.94. The average molecular weight is 908 g/mol. The third-order valence-electron chi connectivity index (χ3n) is 11.5. The maximum absolute atomic E-state index is 13.9. The third-order valence-corrected chi connectivity index (χ3v) is 13.4. The van der Waals surface area contributed by atoms with Crippen molar-refractivity contribution in [3.63, 3.8) is 0 Å². The summed E-state index contributed by atoms with van der Waals surface area (Å²) >= 11 is 0. The minimum absolute atomic E-state index is 0.00324. The predicted molar refractivity (Wildman–Crippen MR) is 230 cm³/mol. The van der Waals surface area contributed by atoms with Gasteiger partial charge in [-0.2, -0.15) is 4.31 Å². The molecule has 0 aliphatic carbocycles. The number of nitrogens with zero attached hydrogens (tertiary/aromatic N) is 5. The molecule has 1 saturated heterocycles. The number of hydrogen-bond acceptors (Lipinski definition) is 13. The summed E-state index contributed by atoms with van der Waals surface area (Å²) in [5.74, 6) is -4.28. The number of benzene rings is 4. The topological polar surface area (TPSA) is 246 Å². The van der Waals surface area contributed by atoms with Crippen molar-refractivity contribution in [3.8, 4) is 17.2 Å². The number of aryl methyl sites for hydroxylation is 2. The first-order valence-corrected chi connectivity index (χ1v) is 22.3.